The number of aromatic nitrogens is 8. The van der Waals surface area contributed by atoms with E-state index in [1.807, 2.05) is 118 Å². The Hall–Kier alpha value is -4.30. The second kappa shape index (κ2) is 22.5. The normalized spacial score (nSPS) is 24.3. The minimum absolute atomic E-state index is 0.0329. The molecule has 6 heterocycles. The van der Waals surface area contributed by atoms with Crippen molar-refractivity contribution in [3.8, 4) is 6.07 Å². The molecule has 10 atom stereocenters. The Labute approximate surface area is 426 Å². The number of rotatable bonds is 22. The van der Waals surface area contributed by atoms with Crippen LogP contribution in [0.5, 0.6) is 0 Å². The first kappa shape index (κ1) is 56.4. The molecule has 7 rings (SSSR count). The third kappa shape index (κ3) is 12.7. The van der Waals surface area contributed by atoms with Gasteiger partial charge in [0.15, 0.2) is 39.7 Å². The van der Waals surface area contributed by atoms with Gasteiger partial charge in [0.25, 0.3) is 5.56 Å². The van der Waals surface area contributed by atoms with E-state index in [-0.39, 0.29) is 39.5 Å². The van der Waals surface area contributed by atoms with Gasteiger partial charge in [-0.05, 0) is 54.3 Å². The molecule has 0 saturated carbocycles. The number of benzene rings is 1. The van der Waals surface area contributed by atoms with Crippen molar-refractivity contribution >= 4 is 67.1 Å². The van der Waals surface area contributed by atoms with Crippen LogP contribution in [0.2, 0.25) is 36.3 Å². The third-order valence-electron chi connectivity index (χ3n) is 13.6. The summed E-state index contributed by atoms with van der Waals surface area (Å²) in [6.07, 6.45) is -5.69. The number of phosphoric ester groups is 1. The Balaban J connectivity index is 1.29. The second-order valence-electron chi connectivity index (χ2n) is 21.5. The zero-order chi connectivity index (χ0) is 53.3. The molecule has 5 N–H and O–H groups in total. The highest BCUT2D eigenvalue weighted by molar-refractivity contribution is 7.48. The minimum Gasteiger partial charge on any atom is -0.408 e. The molecule has 5 aromatic rings. The molecule has 28 heteroatoms. The molecular weight excluding hydrogens is 1020 g/mol. The quantitative estimate of drug-likeness (QED) is 0.0256. The number of aliphatic hydroxyl groups is 1. The molecule has 2 aliphatic heterocycles. The summed E-state index contributed by atoms with van der Waals surface area (Å²) < 4.78 is 82.9. The number of anilines is 3. The fourth-order valence-electron chi connectivity index (χ4n) is 7.75. The number of nitriles is 1. The molecular formula is C45H69N11O13P2Si2. The molecule has 0 amide bonds. The first-order valence-corrected chi connectivity index (χ1v) is 32.6. The Kier molecular flexibility index (Phi) is 17.4. The fourth-order valence-corrected chi connectivity index (χ4v) is 12.2. The molecule has 2 unspecified atom stereocenters. The predicted octanol–water partition coefficient (Wildman–Crippen LogP) is 7.39. The van der Waals surface area contributed by atoms with Crippen molar-refractivity contribution in [2.45, 2.75) is 147 Å². The van der Waals surface area contributed by atoms with E-state index in [4.69, 9.17) is 36.4 Å². The van der Waals surface area contributed by atoms with Crippen molar-refractivity contribution in [3.63, 3.8) is 0 Å². The van der Waals surface area contributed by atoms with E-state index < -0.39 is 107 Å². The topological polar surface area (TPSA) is 303 Å². The first-order chi connectivity index (χ1) is 34.3. The number of fused-ring (bicyclic) bond motifs is 2. The number of phosphoric acid groups is 1. The van der Waals surface area contributed by atoms with Crippen molar-refractivity contribution in [1.82, 2.24) is 39.1 Å². The van der Waals surface area contributed by atoms with E-state index >= 15 is 4.57 Å². The fraction of sp³-hybridized carbons (Fsp3) is 0.622. The Morgan fingerprint density at radius 2 is 1.63 bits per heavy atom. The van der Waals surface area contributed by atoms with E-state index in [1.54, 1.807) is 6.20 Å². The van der Waals surface area contributed by atoms with Gasteiger partial charge in [0, 0.05) is 17.8 Å². The monoisotopic (exact) mass is 1090 g/mol. The van der Waals surface area contributed by atoms with Crippen LogP contribution in [-0.2, 0) is 45.6 Å². The van der Waals surface area contributed by atoms with Crippen LogP contribution in [0.3, 0.4) is 0 Å². The number of hydrogen-bond acceptors (Lipinski definition) is 20. The zero-order valence-electron chi connectivity index (χ0n) is 43.3. The van der Waals surface area contributed by atoms with Gasteiger partial charge in [0.2, 0.25) is 11.9 Å². The third-order valence-corrected chi connectivity index (χ3v) is 24.5. The van der Waals surface area contributed by atoms with E-state index in [0.717, 1.165) is 5.69 Å². The lowest BCUT2D eigenvalue weighted by Crippen LogP contribution is -2.50. The van der Waals surface area contributed by atoms with Crippen molar-refractivity contribution in [2.75, 3.05) is 37.0 Å². The van der Waals surface area contributed by atoms with E-state index in [0.29, 0.717) is 23.7 Å². The van der Waals surface area contributed by atoms with Gasteiger partial charge in [-0.25, -0.2) is 19.5 Å². The summed E-state index contributed by atoms with van der Waals surface area (Å²) in [5.74, 6) is 0.710. The molecule has 4 aromatic heterocycles. The van der Waals surface area contributed by atoms with Crippen LogP contribution in [0.15, 0.2) is 54.0 Å². The summed E-state index contributed by atoms with van der Waals surface area (Å²) in [7, 11) is -14.2. The number of H-pyrrole nitrogens is 1. The van der Waals surface area contributed by atoms with Crippen LogP contribution in [-0.4, -0.2) is 129 Å². The summed E-state index contributed by atoms with van der Waals surface area (Å²) in [5, 5.41) is 30.7. The number of imidazole rings is 1. The smallest absolute Gasteiger partial charge is 0.408 e. The molecule has 24 nitrogen and oxygen atoms in total. The Bertz CT molecular complexity index is 2870. The number of nitrogens with one attached hydrogen (secondary N) is 3. The van der Waals surface area contributed by atoms with E-state index in [2.05, 4.69) is 40.7 Å². The highest BCUT2D eigenvalue weighted by Gasteiger charge is 2.56. The van der Waals surface area contributed by atoms with Gasteiger partial charge in [-0.15, -0.1) is 0 Å². The molecule has 400 valence electrons. The highest BCUT2D eigenvalue weighted by Crippen LogP contribution is 2.56. The van der Waals surface area contributed by atoms with Crippen LogP contribution in [0.1, 0.15) is 79.7 Å². The number of hydrogen-bond donors (Lipinski definition) is 5. The van der Waals surface area contributed by atoms with Gasteiger partial charge in [0.05, 0.1) is 44.8 Å². The van der Waals surface area contributed by atoms with Crippen molar-refractivity contribution in [1.29, 1.82) is 5.26 Å². The Morgan fingerprint density at radius 3 is 2.26 bits per heavy atom. The maximum atomic E-state index is 15.5. The van der Waals surface area contributed by atoms with Crippen LogP contribution in [0.25, 0.3) is 16.8 Å². The highest BCUT2D eigenvalue weighted by atomic mass is 31.2. The molecule has 0 aliphatic carbocycles. The van der Waals surface area contributed by atoms with Gasteiger partial charge in [-0.3, -0.25) is 32.5 Å². The van der Waals surface area contributed by atoms with Crippen LogP contribution in [0.4, 0.5) is 17.6 Å². The van der Waals surface area contributed by atoms with Crippen LogP contribution >= 0.6 is 16.1 Å². The summed E-state index contributed by atoms with van der Waals surface area (Å²) in [4.78, 5) is 44.5. The van der Waals surface area contributed by atoms with E-state index in [9.17, 15) is 24.6 Å². The molecule has 1 aromatic carbocycles. The van der Waals surface area contributed by atoms with Crippen LogP contribution in [0, 0.1) is 17.2 Å². The lowest BCUT2D eigenvalue weighted by Gasteiger charge is -2.40. The molecule has 2 saturated heterocycles. The number of nitrogens with zero attached hydrogens (tertiary/aromatic N) is 8. The van der Waals surface area contributed by atoms with E-state index in [1.165, 1.54) is 21.7 Å². The minimum atomic E-state index is -4.94. The standard InChI is InChI=1S/C45H69N11O13P2Si2/c1-27(2)21-47-42-53-39-32(40(58)54-42)50-26-55(39)41-37(35(30(23-57)65-41)68-72(9,10)44(3,4)5)67-71(61,62-20-16-19-46)63-24-31-34(66-70(59)60)36(69-73(11,12)45(6,7)8)33(64-31)29-22-51-56-38(29)48-25-49-43(56)52-28-17-14-13-15-18-28/h13-15,17-18,22,25-27,30-31,33-37,41,57,70H,16,20-21,23-24H2,1-12H3,(H,59,60)(H,48,49,52)(H2,47,53,54,58)/t30-,31-,33+,34-,35-,36+,37-,41-,71?/m1/s1. The molecule has 2 fully saturated rings. The summed E-state index contributed by atoms with van der Waals surface area (Å²) in [6, 6.07) is 11.3. The zero-order valence-corrected chi connectivity index (χ0v) is 47.2. The van der Waals surface area contributed by atoms with Gasteiger partial charge < -0.3 is 43.5 Å². The number of para-hydroxylation sites is 1. The SMILES string of the molecule is CC(C)CNc1nc2c(ncn2[C@@H]2O[C@H](CO)[C@@H](O[Si](C)(C)C(C)(C)C)[C@H]2OP(=O)(OCCC#N)OC[C@H]2O[C@@H](c3cnn4c(Nc5ccccc5)ncnc34)[C@H](O[Si](C)(C)C(C)(C)C)[C@@H]2O[PH](=O)O)c(=O)[nH]1. The maximum absolute atomic E-state index is 15.5. The second-order valence-corrected chi connectivity index (χ2v) is 33.4. The van der Waals surface area contributed by atoms with Gasteiger partial charge >= 0.3 is 16.1 Å². The summed E-state index contributed by atoms with van der Waals surface area (Å²) >= 11 is 0. The van der Waals surface area contributed by atoms with Crippen molar-refractivity contribution in [3.05, 3.63) is 65.1 Å². The largest absolute Gasteiger partial charge is 0.475 e. The number of aliphatic hydroxyl groups excluding tert-OH is 1. The Morgan fingerprint density at radius 1 is 0.945 bits per heavy atom. The number of aromatic amines is 1. The summed E-state index contributed by atoms with van der Waals surface area (Å²) in [6.45, 7) is 23.1. The first-order valence-electron chi connectivity index (χ1n) is 24.1. The molecule has 0 spiro atoms. The molecule has 2 aliphatic rings. The average molecular weight is 1090 g/mol. The van der Waals surface area contributed by atoms with Gasteiger partial charge in [-0.1, -0.05) is 73.6 Å². The van der Waals surface area contributed by atoms with Crippen molar-refractivity contribution < 1.29 is 55.6 Å². The summed E-state index contributed by atoms with van der Waals surface area (Å²) in [5.41, 5.74) is 1.01. The van der Waals surface area contributed by atoms with Crippen LogP contribution < -0.4 is 16.2 Å². The van der Waals surface area contributed by atoms with Gasteiger partial charge in [-0.2, -0.15) is 19.9 Å². The predicted molar refractivity (Wildman–Crippen MR) is 275 cm³/mol. The maximum Gasteiger partial charge on any atom is 0.475 e. The average Bonchev–Trinajstić information content (AvgIpc) is 4.09. The molecule has 0 bridgehead atoms. The lowest BCUT2D eigenvalue weighted by molar-refractivity contribution is -0.0564. The van der Waals surface area contributed by atoms with Crippen molar-refractivity contribution in [2.24, 2.45) is 5.92 Å². The lowest BCUT2D eigenvalue weighted by atomic mass is 10.0. The molecule has 0 radical (unpaired) electrons. The van der Waals surface area contributed by atoms with Gasteiger partial charge in [0.1, 0.15) is 49.1 Å². The molecule has 73 heavy (non-hydrogen) atoms. The number of ether oxygens (including phenoxy) is 2.